The van der Waals surface area contributed by atoms with Crippen molar-refractivity contribution in [2.24, 2.45) is 5.41 Å². The Bertz CT molecular complexity index is 666. The molecule has 0 saturated carbocycles. The van der Waals surface area contributed by atoms with E-state index in [4.69, 9.17) is 26.3 Å². The van der Waals surface area contributed by atoms with Crippen molar-refractivity contribution in [1.82, 2.24) is 9.88 Å². The van der Waals surface area contributed by atoms with Crippen molar-refractivity contribution in [2.75, 3.05) is 19.7 Å². The zero-order valence-corrected chi connectivity index (χ0v) is 15.2. The van der Waals surface area contributed by atoms with Crippen LogP contribution in [0, 0.1) is 16.7 Å². The second kappa shape index (κ2) is 6.86. The van der Waals surface area contributed by atoms with Gasteiger partial charge in [-0.2, -0.15) is 5.26 Å². The molecular formula is C17H22ClN3O3. The first-order valence-corrected chi connectivity index (χ1v) is 8.16. The van der Waals surface area contributed by atoms with Crippen molar-refractivity contribution in [2.45, 2.75) is 39.7 Å². The lowest BCUT2D eigenvalue weighted by molar-refractivity contribution is 0.0265. The van der Waals surface area contributed by atoms with Gasteiger partial charge in [0.25, 0.3) is 0 Å². The molecule has 130 valence electrons. The first-order valence-electron chi connectivity index (χ1n) is 7.78. The highest BCUT2D eigenvalue weighted by atomic mass is 35.5. The fourth-order valence-corrected chi connectivity index (χ4v) is 2.64. The maximum Gasteiger partial charge on any atom is 0.410 e. The Balaban J connectivity index is 1.98. The third-order valence-electron chi connectivity index (χ3n) is 3.71. The van der Waals surface area contributed by atoms with Crippen LogP contribution in [-0.4, -0.2) is 41.3 Å². The molecule has 0 bridgehead atoms. The molecule has 0 aromatic carbocycles. The van der Waals surface area contributed by atoms with Crippen LogP contribution in [0.3, 0.4) is 0 Å². The lowest BCUT2D eigenvalue weighted by Crippen LogP contribution is -2.37. The van der Waals surface area contributed by atoms with Crippen molar-refractivity contribution in [3.8, 4) is 11.8 Å². The van der Waals surface area contributed by atoms with Gasteiger partial charge in [0.05, 0.1) is 11.6 Å². The molecule has 0 spiro atoms. The predicted octanol–water partition coefficient (Wildman–Crippen LogP) is 3.63. The second-order valence-electron chi connectivity index (χ2n) is 7.36. The monoisotopic (exact) mass is 351 g/mol. The molecule has 0 N–H and O–H groups in total. The second-order valence-corrected chi connectivity index (χ2v) is 7.80. The molecule has 7 heteroatoms. The Labute approximate surface area is 147 Å². The number of nitrogens with zero attached hydrogens (tertiary/aromatic N) is 3. The largest absolute Gasteiger partial charge is 0.490 e. The Morgan fingerprint density at radius 3 is 2.88 bits per heavy atom. The van der Waals surface area contributed by atoms with Gasteiger partial charge < -0.3 is 14.4 Å². The van der Waals surface area contributed by atoms with Crippen LogP contribution in [0.25, 0.3) is 0 Å². The molecule has 1 saturated heterocycles. The minimum atomic E-state index is -0.513. The number of rotatable bonds is 3. The molecule has 0 aliphatic carbocycles. The van der Waals surface area contributed by atoms with E-state index in [0.29, 0.717) is 30.5 Å². The standard InChI is InChI=1S/C17H22ClN3O3/c1-16(2,3)24-15(22)21-6-5-17(4,10-21)11-23-14-7-12(18)9-20-13(14)8-19/h7,9H,5-6,10-11H2,1-4H3. The number of likely N-dealkylation sites (tertiary alicyclic amines) is 1. The van der Waals surface area contributed by atoms with Crippen molar-refractivity contribution >= 4 is 17.7 Å². The number of carbonyl (C=O) groups is 1. The van der Waals surface area contributed by atoms with Gasteiger partial charge in [-0.3, -0.25) is 0 Å². The van der Waals surface area contributed by atoms with Crippen LogP contribution in [0.15, 0.2) is 12.3 Å². The predicted molar refractivity (Wildman–Crippen MR) is 90.0 cm³/mol. The maximum atomic E-state index is 12.2. The van der Waals surface area contributed by atoms with Gasteiger partial charge in [-0.1, -0.05) is 18.5 Å². The molecule has 1 fully saturated rings. The normalized spacial score (nSPS) is 20.6. The summed E-state index contributed by atoms with van der Waals surface area (Å²) in [6, 6.07) is 3.56. The van der Waals surface area contributed by atoms with E-state index >= 15 is 0 Å². The molecule has 1 atom stereocenters. The minimum absolute atomic E-state index is 0.199. The third kappa shape index (κ3) is 4.75. The van der Waals surface area contributed by atoms with Gasteiger partial charge >= 0.3 is 6.09 Å². The summed E-state index contributed by atoms with van der Waals surface area (Å²) in [4.78, 5) is 17.8. The molecule has 1 unspecified atom stereocenters. The van der Waals surface area contributed by atoms with Crippen molar-refractivity contribution in [3.05, 3.63) is 23.0 Å². The first-order chi connectivity index (χ1) is 11.1. The molecule has 1 aliphatic rings. The summed E-state index contributed by atoms with van der Waals surface area (Å²) >= 11 is 5.91. The molecular weight excluding hydrogens is 330 g/mol. The van der Waals surface area contributed by atoms with Gasteiger partial charge in [0.2, 0.25) is 0 Å². The topological polar surface area (TPSA) is 75.5 Å². The number of pyridine rings is 1. The first kappa shape index (κ1) is 18.3. The number of halogens is 1. The van der Waals surface area contributed by atoms with Gasteiger partial charge in [-0.25, -0.2) is 9.78 Å². The molecule has 1 aromatic rings. The Morgan fingerprint density at radius 2 is 2.25 bits per heavy atom. The molecule has 6 nitrogen and oxygen atoms in total. The van der Waals surface area contributed by atoms with E-state index in [9.17, 15) is 4.79 Å². The Hall–Kier alpha value is -2.00. The van der Waals surface area contributed by atoms with E-state index < -0.39 is 5.60 Å². The molecule has 24 heavy (non-hydrogen) atoms. The average Bonchev–Trinajstić information content (AvgIpc) is 2.87. The van der Waals surface area contributed by atoms with Crippen LogP contribution in [0.4, 0.5) is 4.79 Å². The zero-order chi connectivity index (χ0) is 18.0. The average molecular weight is 352 g/mol. The lowest BCUT2D eigenvalue weighted by atomic mass is 9.91. The maximum absolute atomic E-state index is 12.2. The summed E-state index contributed by atoms with van der Waals surface area (Å²) in [5.74, 6) is 0.363. The molecule has 1 aliphatic heterocycles. The molecule has 2 heterocycles. The summed E-state index contributed by atoms with van der Waals surface area (Å²) in [5.41, 5.74) is -0.530. The smallest absolute Gasteiger partial charge is 0.410 e. The van der Waals surface area contributed by atoms with Crippen LogP contribution in [0.1, 0.15) is 39.8 Å². The number of ether oxygens (including phenoxy) is 2. The van der Waals surface area contributed by atoms with Gasteiger partial charge in [-0.05, 0) is 27.2 Å². The number of hydrogen-bond donors (Lipinski definition) is 0. The van der Waals surface area contributed by atoms with Crippen molar-refractivity contribution < 1.29 is 14.3 Å². The highest BCUT2D eigenvalue weighted by molar-refractivity contribution is 6.30. The summed E-state index contributed by atoms with van der Waals surface area (Å²) < 4.78 is 11.2. The van der Waals surface area contributed by atoms with Gasteiger partial charge in [0.1, 0.15) is 11.7 Å². The lowest BCUT2D eigenvalue weighted by Gasteiger charge is -2.27. The fourth-order valence-electron chi connectivity index (χ4n) is 2.49. The van der Waals surface area contributed by atoms with Gasteiger partial charge in [-0.15, -0.1) is 0 Å². The summed E-state index contributed by atoms with van der Waals surface area (Å²) in [6.45, 7) is 9.10. The Kier molecular flexibility index (Phi) is 5.24. The highest BCUT2D eigenvalue weighted by Crippen LogP contribution is 2.32. The van der Waals surface area contributed by atoms with Crippen LogP contribution < -0.4 is 4.74 Å². The van der Waals surface area contributed by atoms with E-state index in [-0.39, 0.29) is 17.2 Å². The van der Waals surface area contributed by atoms with Gasteiger partial charge in [0.15, 0.2) is 11.4 Å². The van der Waals surface area contributed by atoms with Crippen molar-refractivity contribution in [1.29, 1.82) is 5.26 Å². The van der Waals surface area contributed by atoms with Crippen LogP contribution in [-0.2, 0) is 4.74 Å². The zero-order valence-electron chi connectivity index (χ0n) is 14.4. The van der Waals surface area contributed by atoms with Crippen LogP contribution >= 0.6 is 11.6 Å². The number of amides is 1. The van der Waals surface area contributed by atoms with E-state index in [1.165, 1.54) is 6.20 Å². The van der Waals surface area contributed by atoms with Crippen LogP contribution in [0.5, 0.6) is 5.75 Å². The van der Waals surface area contributed by atoms with E-state index in [1.807, 2.05) is 33.8 Å². The molecule has 2 rings (SSSR count). The molecule has 0 radical (unpaired) electrons. The van der Waals surface area contributed by atoms with E-state index in [2.05, 4.69) is 4.98 Å². The molecule has 1 aromatic heterocycles. The highest BCUT2D eigenvalue weighted by Gasteiger charge is 2.38. The third-order valence-corrected chi connectivity index (χ3v) is 3.92. The SMILES string of the molecule is CC1(COc2cc(Cl)cnc2C#N)CCN(C(=O)OC(C)(C)C)C1. The number of aromatic nitrogens is 1. The number of nitriles is 1. The number of hydrogen-bond acceptors (Lipinski definition) is 5. The number of carbonyl (C=O) groups excluding carboxylic acids is 1. The quantitative estimate of drug-likeness (QED) is 0.831. The molecule has 1 amide bonds. The summed E-state index contributed by atoms with van der Waals surface area (Å²) in [6.07, 6.45) is 1.89. The van der Waals surface area contributed by atoms with E-state index in [0.717, 1.165) is 6.42 Å². The summed E-state index contributed by atoms with van der Waals surface area (Å²) in [5, 5.41) is 9.50. The Morgan fingerprint density at radius 1 is 1.54 bits per heavy atom. The van der Waals surface area contributed by atoms with E-state index in [1.54, 1.807) is 11.0 Å². The fraction of sp³-hybridized carbons (Fsp3) is 0.588. The minimum Gasteiger partial charge on any atom is -0.490 e. The van der Waals surface area contributed by atoms with Gasteiger partial charge in [0, 0.05) is 30.8 Å². The van der Waals surface area contributed by atoms with Crippen LogP contribution in [0.2, 0.25) is 5.02 Å². The van der Waals surface area contributed by atoms with Crippen molar-refractivity contribution in [3.63, 3.8) is 0 Å². The summed E-state index contributed by atoms with van der Waals surface area (Å²) in [7, 11) is 0.